The molecule has 10 atom stereocenters. The van der Waals surface area contributed by atoms with Crippen molar-refractivity contribution in [2.75, 3.05) is 24.7 Å². The molecule has 4 aromatic heterocycles. The number of nitrogen functional groups attached to an aromatic ring is 2. The van der Waals surface area contributed by atoms with Gasteiger partial charge in [-0.15, -0.1) is 0 Å². The van der Waals surface area contributed by atoms with Gasteiger partial charge in [-0.2, -0.15) is 0 Å². The predicted molar refractivity (Wildman–Crippen MR) is 147 cm³/mol. The molecular formula is C20H24N12O9P2S-2. The minimum absolute atomic E-state index is 0.0839. The summed E-state index contributed by atoms with van der Waals surface area (Å²) in [7, 11) is -4.94. The van der Waals surface area contributed by atoms with Gasteiger partial charge in [-0.1, -0.05) is 11.8 Å². The van der Waals surface area contributed by atoms with Crippen molar-refractivity contribution in [2.24, 2.45) is 0 Å². The Hall–Kier alpha value is -2.82. The van der Waals surface area contributed by atoms with E-state index in [0.29, 0.717) is 0 Å². The van der Waals surface area contributed by atoms with E-state index in [1.165, 1.54) is 34.4 Å². The highest BCUT2D eigenvalue weighted by Crippen LogP contribution is 2.45. The van der Waals surface area contributed by atoms with Crippen LogP contribution in [0.4, 0.5) is 11.6 Å². The van der Waals surface area contributed by atoms with Crippen molar-refractivity contribution < 1.29 is 43.1 Å². The molecule has 7 heterocycles. The quantitative estimate of drug-likeness (QED) is 0.112. The number of ether oxygens (including phenoxy) is 2. The minimum Gasteiger partial charge on any atom is -0.789 e. The van der Waals surface area contributed by atoms with E-state index >= 15 is 0 Å². The van der Waals surface area contributed by atoms with Crippen molar-refractivity contribution in [1.29, 1.82) is 0 Å². The number of nitrogens with one attached hydrogen (secondary N) is 2. The molecule has 3 fully saturated rings. The van der Waals surface area contributed by atoms with Crippen LogP contribution in [-0.2, 0) is 34.9 Å². The Morgan fingerprint density at radius 2 is 1.30 bits per heavy atom. The van der Waals surface area contributed by atoms with E-state index in [-0.39, 0.29) is 34.0 Å². The number of nitrogens with zero attached hydrogens (tertiary/aromatic N) is 8. The van der Waals surface area contributed by atoms with E-state index in [9.17, 15) is 24.6 Å². The van der Waals surface area contributed by atoms with Gasteiger partial charge in [-0.3, -0.25) is 18.8 Å². The van der Waals surface area contributed by atoms with Gasteiger partial charge >= 0.3 is 0 Å². The lowest BCUT2D eigenvalue weighted by Crippen LogP contribution is -2.50. The van der Waals surface area contributed by atoms with E-state index in [2.05, 4.69) is 40.1 Å². The number of hydrogen-bond acceptors (Lipinski definition) is 18. The summed E-state index contributed by atoms with van der Waals surface area (Å²) in [6.07, 6.45) is -2.87. The van der Waals surface area contributed by atoms with Gasteiger partial charge in [-0.05, 0) is 0 Å². The standard InChI is InChI=1S/C20H26N12O9P2S/c21-15-11-17(25-3-23-15)31(5-27-11)19-13(33)9-8(41-19)2-39-43(37,44)30-10-7(1-38-42(35,36)29-9)40-20(14(10)34)32-6-28-12-16(22)24-4-26-18(12)32/h3-10,13-14,19-20,33-34H,1-2H2,(H2,21,23,25)(H2,22,24,26)(H2,29,35,36)(H2,30,37,44)/p-2/t7-,8-,9-,10-,13-,14-,19-,20-,43?/m1/s1. The first-order valence-corrected chi connectivity index (χ1v) is 17.1. The van der Waals surface area contributed by atoms with Crippen molar-refractivity contribution in [3.8, 4) is 0 Å². The SMILES string of the molecule is Nc1ncnc2c1ncn2[C@@H]1O[C@@H]2COP([O-])(=S)N[C@H]3[C@@H](O)[C@H](n4cnc5c(N)ncnc54)O[C@@H]3COP(=O)([O-])N[C@H]2[C@H]1O. The second-order valence-electron chi connectivity index (χ2n) is 10.2. The summed E-state index contributed by atoms with van der Waals surface area (Å²) in [5.74, 6) is 0.174. The molecule has 0 amide bonds. The molecule has 3 aliphatic rings. The number of aromatic nitrogens is 8. The number of imidazole rings is 2. The summed E-state index contributed by atoms with van der Waals surface area (Å²) in [6.45, 7) is -5.35. The molecular weight excluding hydrogens is 646 g/mol. The van der Waals surface area contributed by atoms with Gasteiger partial charge in [0.2, 0.25) is 7.75 Å². The molecule has 4 aromatic rings. The lowest BCUT2D eigenvalue weighted by molar-refractivity contribution is -0.207. The molecule has 8 N–H and O–H groups in total. The van der Waals surface area contributed by atoms with Crippen molar-refractivity contribution >= 4 is 60.2 Å². The molecule has 0 aromatic carbocycles. The summed E-state index contributed by atoms with van der Waals surface area (Å²) in [5, 5.41) is 27.3. The highest BCUT2D eigenvalue weighted by Gasteiger charge is 2.49. The van der Waals surface area contributed by atoms with Crippen LogP contribution in [0, 0.1) is 0 Å². The number of rotatable bonds is 2. The summed E-state index contributed by atoms with van der Waals surface area (Å²) in [5.41, 5.74) is 12.6. The third-order valence-corrected chi connectivity index (χ3v) is 10.3. The number of aliphatic hydroxyl groups is 2. The van der Waals surface area contributed by atoms with E-state index in [1.54, 1.807) is 0 Å². The Morgan fingerprint density at radius 3 is 1.82 bits per heavy atom. The molecule has 0 radical (unpaired) electrons. The van der Waals surface area contributed by atoms with Crippen molar-refractivity contribution in [1.82, 2.24) is 49.2 Å². The zero-order chi connectivity index (χ0) is 31.0. The number of nitrogens with two attached hydrogens (primary N) is 2. The van der Waals surface area contributed by atoms with Gasteiger partial charge in [0.05, 0.1) is 44.6 Å². The predicted octanol–water partition coefficient (Wildman–Crippen LogP) is -3.64. The molecule has 7 rings (SSSR count). The van der Waals surface area contributed by atoms with Crippen LogP contribution in [0.3, 0.4) is 0 Å². The van der Waals surface area contributed by atoms with E-state index in [4.69, 9.17) is 41.8 Å². The summed E-state index contributed by atoms with van der Waals surface area (Å²) in [4.78, 5) is 50.9. The van der Waals surface area contributed by atoms with Crippen LogP contribution in [0.15, 0.2) is 25.3 Å². The molecule has 236 valence electrons. The zero-order valence-electron chi connectivity index (χ0n) is 22.1. The van der Waals surface area contributed by atoms with Crippen LogP contribution in [0.1, 0.15) is 12.5 Å². The highest BCUT2D eigenvalue weighted by molar-refractivity contribution is 8.07. The fourth-order valence-corrected chi connectivity index (χ4v) is 8.20. The summed E-state index contributed by atoms with van der Waals surface area (Å²) >= 11 is 5.21. The first kappa shape index (κ1) is 29.9. The molecule has 44 heavy (non-hydrogen) atoms. The molecule has 3 saturated heterocycles. The van der Waals surface area contributed by atoms with Crippen molar-refractivity contribution in [3.05, 3.63) is 25.3 Å². The van der Waals surface area contributed by atoms with E-state index in [0.717, 1.165) is 0 Å². The maximum Gasteiger partial charge on any atom is 0.204 e. The van der Waals surface area contributed by atoms with Crippen LogP contribution in [0.25, 0.3) is 22.3 Å². The van der Waals surface area contributed by atoms with Gasteiger partial charge in [0.25, 0.3) is 0 Å². The normalized spacial score (nSPS) is 38.3. The fourth-order valence-electron chi connectivity index (χ4n) is 5.44. The first-order chi connectivity index (χ1) is 20.9. The smallest absolute Gasteiger partial charge is 0.204 e. The Morgan fingerprint density at radius 1 is 0.818 bits per heavy atom. The summed E-state index contributed by atoms with van der Waals surface area (Å²) in [6, 6.07) is -2.59. The van der Waals surface area contributed by atoms with Gasteiger partial charge in [-0.25, -0.2) is 35.0 Å². The summed E-state index contributed by atoms with van der Waals surface area (Å²) < 4.78 is 38.5. The fraction of sp³-hybridized carbons (Fsp3) is 0.500. The van der Waals surface area contributed by atoms with E-state index < -0.39 is 76.6 Å². The molecule has 0 aliphatic carbocycles. The Kier molecular flexibility index (Phi) is 7.41. The van der Waals surface area contributed by atoms with Crippen LogP contribution >= 0.6 is 14.4 Å². The van der Waals surface area contributed by atoms with Gasteiger partial charge in [0.15, 0.2) is 35.4 Å². The van der Waals surface area contributed by atoms with Crippen LogP contribution in [0.2, 0.25) is 0 Å². The van der Waals surface area contributed by atoms with Crippen LogP contribution in [0.5, 0.6) is 0 Å². The first-order valence-electron chi connectivity index (χ1n) is 12.9. The van der Waals surface area contributed by atoms with Gasteiger partial charge in [0.1, 0.15) is 48.1 Å². The van der Waals surface area contributed by atoms with Crippen LogP contribution < -0.4 is 31.4 Å². The second kappa shape index (κ2) is 10.9. The molecule has 3 aliphatic heterocycles. The van der Waals surface area contributed by atoms with E-state index in [1.807, 2.05) is 0 Å². The molecule has 0 spiro atoms. The third-order valence-electron chi connectivity index (χ3n) is 7.50. The maximum atomic E-state index is 13.4. The van der Waals surface area contributed by atoms with Crippen molar-refractivity contribution in [2.45, 2.75) is 49.0 Å². The lowest BCUT2D eigenvalue weighted by Gasteiger charge is -2.38. The number of aliphatic hydroxyl groups excluding tert-OH is 2. The monoisotopic (exact) mass is 670 g/mol. The Balaban J connectivity index is 1.17. The molecule has 24 heteroatoms. The second-order valence-corrected chi connectivity index (χ2v) is 14.6. The van der Waals surface area contributed by atoms with Gasteiger partial charge < -0.3 is 50.0 Å². The number of fused-ring (bicyclic) bond motifs is 4. The Labute approximate surface area is 251 Å². The minimum atomic E-state index is -4.94. The van der Waals surface area contributed by atoms with Crippen LogP contribution in [-0.4, -0.2) is 99.0 Å². The topological polar surface area (TPSA) is 304 Å². The van der Waals surface area contributed by atoms with Gasteiger partial charge in [0, 0.05) is 0 Å². The van der Waals surface area contributed by atoms with Crippen molar-refractivity contribution in [3.63, 3.8) is 0 Å². The molecule has 21 nitrogen and oxygen atoms in total. The zero-order valence-corrected chi connectivity index (χ0v) is 24.7. The highest BCUT2D eigenvalue weighted by atomic mass is 32.5. The Bertz CT molecular complexity index is 1700. The lowest BCUT2D eigenvalue weighted by atomic mass is 10.1. The average molecular weight is 671 g/mol. The molecule has 0 bridgehead atoms. The number of hydrogen-bond donors (Lipinski definition) is 6. The average Bonchev–Trinajstić information content (AvgIpc) is 3.73. The molecule has 0 saturated carbocycles. The number of anilines is 2. The maximum absolute atomic E-state index is 13.4. The largest absolute Gasteiger partial charge is 0.789 e. The molecule has 2 unspecified atom stereocenters. The third kappa shape index (κ3) is 5.16.